The van der Waals surface area contributed by atoms with E-state index in [2.05, 4.69) is 11.5 Å². The molecule has 1 atom stereocenters. The molecular weight excluding hydrogens is 472 g/mol. The quantitative estimate of drug-likeness (QED) is 0.215. The normalized spacial score (nSPS) is 19.7. The summed E-state index contributed by atoms with van der Waals surface area (Å²) in [5.41, 5.74) is 1.26. The zero-order chi connectivity index (χ0) is 26.2. The van der Waals surface area contributed by atoms with Crippen molar-refractivity contribution in [2.24, 2.45) is 0 Å². The largest absolute Gasteiger partial charge is 0.507 e. The number of benzene rings is 2. The van der Waals surface area contributed by atoms with Gasteiger partial charge in [-0.05, 0) is 55.3 Å². The second-order valence-corrected chi connectivity index (χ2v) is 8.93. The first-order valence-electron chi connectivity index (χ1n) is 12.7. The number of ether oxygens (including phenoxy) is 3. The van der Waals surface area contributed by atoms with E-state index in [1.165, 1.54) is 0 Å². The Bertz CT molecular complexity index is 1120. The molecule has 37 heavy (non-hydrogen) atoms. The molecule has 0 bridgehead atoms. The van der Waals surface area contributed by atoms with Gasteiger partial charge in [-0.15, -0.1) is 0 Å². The molecule has 2 aliphatic rings. The van der Waals surface area contributed by atoms with Crippen LogP contribution in [0, 0.1) is 0 Å². The molecule has 0 spiro atoms. The van der Waals surface area contributed by atoms with Gasteiger partial charge in [0.1, 0.15) is 23.9 Å². The van der Waals surface area contributed by atoms with Gasteiger partial charge in [0.15, 0.2) is 0 Å². The van der Waals surface area contributed by atoms with Crippen molar-refractivity contribution in [3.8, 4) is 11.5 Å². The number of hydrogen-bond acceptors (Lipinski definition) is 7. The number of nitrogens with zero attached hydrogens (tertiary/aromatic N) is 2. The van der Waals surface area contributed by atoms with E-state index in [1.807, 2.05) is 31.2 Å². The first-order chi connectivity index (χ1) is 18.0. The number of carbonyl (C=O) groups excluding carboxylic acids is 2. The van der Waals surface area contributed by atoms with Gasteiger partial charge in [-0.2, -0.15) is 0 Å². The maximum Gasteiger partial charge on any atom is 0.295 e. The third-order valence-corrected chi connectivity index (χ3v) is 6.52. The molecule has 2 fully saturated rings. The van der Waals surface area contributed by atoms with Gasteiger partial charge >= 0.3 is 0 Å². The Kier molecular flexibility index (Phi) is 8.98. The molecule has 2 heterocycles. The predicted octanol–water partition coefficient (Wildman–Crippen LogP) is 3.79. The first kappa shape index (κ1) is 26.4. The fourth-order valence-corrected chi connectivity index (χ4v) is 4.68. The minimum Gasteiger partial charge on any atom is -0.507 e. The minimum atomic E-state index is -0.697. The van der Waals surface area contributed by atoms with Crippen molar-refractivity contribution >= 4 is 17.4 Å². The third kappa shape index (κ3) is 6.21. The molecule has 1 amide bonds. The average molecular weight is 507 g/mol. The number of likely N-dealkylation sites (tertiary alicyclic amines) is 1. The molecule has 8 heteroatoms. The van der Waals surface area contributed by atoms with Gasteiger partial charge in [0.25, 0.3) is 11.7 Å². The van der Waals surface area contributed by atoms with E-state index in [0.717, 1.165) is 25.2 Å². The lowest BCUT2D eigenvalue weighted by Gasteiger charge is -2.29. The van der Waals surface area contributed by atoms with Gasteiger partial charge in [0, 0.05) is 31.7 Å². The summed E-state index contributed by atoms with van der Waals surface area (Å²) in [4.78, 5) is 30.3. The summed E-state index contributed by atoms with van der Waals surface area (Å²) >= 11 is 0. The van der Waals surface area contributed by atoms with Crippen LogP contribution in [0.4, 0.5) is 0 Å². The number of amides is 1. The van der Waals surface area contributed by atoms with E-state index < -0.39 is 17.7 Å². The molecule has 0 unspecified atom stereocenters. The molecule has 2 aromatic rings. The molecule has 196 valence electrons. The highest BCUT2D eigenvalue weighted by Gasteiger charge is 2.45. The smallest absolute Gasteiger partial charge is 0.295 e. The van der Waals surface area contributed by atoms with Crippen molar-refractivity contribution in [2.45, 2.75) is 19.4 Å². The zero-order valence-corrected chi connectivity index (χ0v) is 21.2. The first-order valence-corrected chi connectivity index (χ1v) is 12.7. The van der Waals surface area contributed by atoms with Crippen LogP contribution in [0.15, 0.2) is 66.8 Å². The number of hydrogen-bond donors (Lipinski definition) is 1. The molecule has 0 aromatic heterocycles. The topological polar surface area (TPSA) is 88.5 Å². The van der Waals surface area contributed by atoms with Gasteiger partial charge in [0.05, 0.1) is 31.4 Å². The molecule has 4 rings (SSSR count). The Morgan fingerprint density at radius 2 is 1.68 bits per heavy atom. The number of aliphatic hydroxyl groups is 1. The van der Waals surface area contributed by atoms with Crippen LogP contribution >= 0.6 is 0 Å². The molecule has 2 aromatic carbocycles. The van der Waals surface area contributed by atoms with Crippen LogP contribution in [-0.4, -0.2) is 79.2 Å². The number of rotatable bonds is 11. The number of aliphatic hydroxyl groups excluding tert-OH is 1. The summed E-state index contributed by atoms with van der Waals surface area (Å²) in [5.74, 6) is -0.181. The molecule has 2 saturated heterocycles. The third-order valence-electron chi connectivity index (χ3n) is 6.52. The van der Waals surface area contributed by atoms with E-state index in [0.29, 0.717) is 56.5 Å². The molecule has 2 aliphatic heterocycles. The predicted molar refractivity (Wildman–Crippen MR) is 141 cm³/mol. The zero-order valence-electron chi connectivity index (χ0n) is 21.2. The average Bonchev–Trinajstić information content (AvgIpc) is 3.18. The Labute approximate surface area is 217 Å². The Balaban J connectivity index is 1.64. The van der Waals surface area contributed by atoms with Crippen molar-refractivity contribution < 1.29 is 28.9 Å². The fourth-order valence-electron chi connectivity index (χ4n) is 4.68. The summed E-state index contributed by atoms with van der Waals surface area (Å²) in [6.07, 6.45) is 2.35. The van der Waals surface area contributed by atoms with Crippen LogP contribution in [0.1, 0.15) is 30.5 Å². The summed E-state index contributed by atoms with van der Waals surface area (Å²) < 4.78 is 16.5. The Morgan fingerprint density at radius 1 is 1.03 bits per heavy atom. The molecule has 8 nitrogen and oxygen atoms in total. The van der Waals surface area contributed by atoms with Crippen LogP contribution in [-0.2, 0) is 14.3 Å². The van der Waals surface area contributed by atoms with Gasteiger partial charge < -0.3 is 24.2 Å². The van der Waals surface area contributed by atoms with Crippen LogP contribution in [0.2, 0.25) is 0 Å². The highest BCUT2D eigenvalue weighted by molar-refractivity contribution is 6.46. The summed E-state index contributed by atoms with van der Waals surface area (Å²) in [7, 11) is 0. The molecule has 1 N–H and O–H groups in total. The van der Waals surface area contributed by atoms with E-state index in [-0.39, 0.29) is 11.3 Å². The summed E-state index contributed by atoms with van der Waals surface area (Å²) in [6, 6.07) is 13.4. The maximum atomic E-state index is 13.3. The molecule has 0 aliphatic carbocycles. The standard InChI is InChI=1S/C29H34N2O6/c1-3-18-37-24-12-8-22(9-13-24)27(32)25-26(21-6-10-23(11-7-21)36-4-2)31(29(34)28(25)33)15-5-14-30-16-19-35-20-17-30/h3,6-13,26,32H,1,4-5,14-20H2,2H3/b27-25+/t26-/m1/s1. The Hall–Kier alpha value is -3.62. The Morgan fingerprint density at radius 3 is 2.32 bits per heavy atom. The van der Waals surface area contributed by atoms with Crippen molar-refractivity contribution in [1.82, 2.24) is 9.80 Å². The minimum absolute atomic E-state index is 0.0836. The molecule has 0 radical (unpaired) electrons. The second kappa shape index (κ2) is 12.6. The van der Waals surface area contributed by atoms with Gasteiger partial charge in [-0.3, -0.25) is 14.5 Å². The van der Waals surface area contributed by atoms with Crippen LogP contribution in [0.5, 0.6) is 11.5 Å². The maximum absolute atomic E-state index is 13.3. The number of morpholine rings is 1. The number of ketones is 1. The van der Waals surface area contributed by atoms with Crippen molar-refractivity contribution in [3.63, 3.8) is 0 Å². The monoisotopic (exact) mass is 506 g/mol. The lowest BCUT2D eigenvalue weighted by molar-refractivity contribution is -0.140. The van der Waals surface area contributed by atoms with E-state index in [1.54, 1.807) is 35.2 Å². The highest BCUT2D eigenvalue weighted by atomic mass is 16.5. The number of carbonyl (C=O) groups is 2. The van der Waals surface area contributed by atoms with Gasteiger partial charge in [0.2, 0.25) is 0 Å². The van der Waals surface area contributed by atoms with E-state index in [9.17, 15) is 14.7 Å². The second-order valence-electron chi connectivity index (χ2n) is 8.93. The van der Waals surface area contributed by atoms with Crippen molar-refractivity contribution in [3.05, 3.63) is 77.9 Å². The van der Waals surface area contributed by atoms with Gasteiger partial charge in [-0.1, -0.05) is 24.8 Å². The highest BCUT2D eigenvalue weighted by Crippen LogP contribution is 2.40. The lowest BCUT2D eigenvalue weighted by atomic mass is 9.95. The van der Waals surface area contributed by atoms with E-state index in [4.69, 9.17) is 14.2 Å². The lowest BCUT2D eigenvalue weighted by Crippen LogP contribution is -2.38. The van der Waals surface area contributed by atoms with Crippen molar-refractivity contribution in [1.29, 1.82) is 0 Å². The molecule has 0 saturated carbocycles. The van der Waals surface area contributed by atoms with Crippen LogP contribution in [0.25, 0.3) is 5.76 Å². The summed E-state index contributed by atoms with van der Waals surface area (Å²) in [6.45, 7) is 10.7. The fraction of sp³-hybridized carbons (Fsp3) is 0.379. The summed E-state index contributed by atoms with van der Waals surface area (Å²) in [5, 5.41) is 11.3. The number of Topliss-reactive ketones (excluding diaryl/α,β-unsaturated/α-hetero) is 1. The molecular formula is C29H34N2O6. The van der Waals surface area contributed by atoms with E-state index >= 15 is 0 Å². The van der Waals surface area contributed by atoms with Gasteiger partial charge in [-0.25, -0.2) is 0 Å². The van der Waals surface area contributed by atoms with Crippen LogP contribution < -0.4 is 9.47 Å². The van der Waals surface area contributed by atoms with Crippen molar-refractivity contribution in [2.75, 3.05) is 52.6 Å². The SMILES string of the molecule is C=CCOc1ccc(/C(O)=C2\C(=O)C(=O)N(CCCN3CCOCC3)[C@@H]2c2ccc(OCC)cc2)cc1. The van der Waals surface area contributed by atoms with Crippen LogP contribution in [0.3, 0.4) is 0 Å².